The minimum absolute atomic E-state index is 0.212. The Morgan fingerprint density at radius 2 is 0.652 bits per heavy atom. The second kappa shape index (κ2) is 11.7. The van der Waals surface area contributed by atoms with Crippen LogP contribution in [0.25, 0.3) is 22.3 Å². The number of hydrogen-bond acceptors (Lipinski definition) is 4. The van der Waals surface area contributed by atoms with Crippen molar-refractivity contribution in [3.63, 3.8) is 0 Å². The topological polar surface area (TPSA) is 74.8 Å². The Hall–Kier alpha value is -5.62. The first-order chi connectivity index (χ1) is 22.3. The van der Waals surface area contributed by atoms with Gasteiger partial charge in [0.15, 0.2) is 0 Å². The molecule has 7 rings (SSSR count). The quantitative estimate of drug-likeness (QED) is 0.173. The Kier molecular flexibility index (Phi) is 7.41. The largest absolute Gasteiger partial charge is 0.275 e. The van der Waals surface area contributed by atoms with Crippen molar-refractivity contribution in [2.75, 3.05) is 13.1 Å². The third-order valence-corrected chi connectivity index (χ3v) is 8.98. The molecule has 5 aromatic rings. The average molecular weight is 605 g/mol. The van der Waals surface area contributed by atoms with Gasteiger partial charge in [-0.3, -0.25) is 29.0 Å². The third kappa shape index (κ3) is 5.12. The Labute approximate surface area is 267 Å². The third-order valence-electron chi connectivity index (χ3n) is 8.98. The molecule has 0 atom stereocenters. The summed E-state index contributed by atoms with van der Waals surface area (Å²) in [6.45, 7) is 4.37. The molecule has 226 valence electrons. The summed E-state index contributed by atoms with van der Waals surface area (Å²) >= 11 is 0. The maximum atomic E-state index is 12.6. The number of carbonyl (C=O) groups is 4. The summed E-state index contributed by atoms with van der Waals surface area (Å²) in [7, 11) is 0. The van der Waals surface area contributed by atoms with E-state index < -0.39 is 0 Å². The van der Waals surface area contributed by atoms with Crippen LogP contribution in [0.5, 0.6) is 0 Å². The molecule has 5 aromatic carbocycles. The Morgan fingerprint density at radius 1 is 0.370 bits per heavy atom. The average Bonchev–Trinajstić information content (AvgIpc) is 3.47. The van der Waals surface area contributed by atoms with Crippen LogP contribution in [0.2, 0.25) is 0 Å². The van der Waals surface area contributed by atoms with Crippen molar-refractivity contribution in [1.29, 1.82) is 0 Å². The van der Waals surface area contributed by atoms with Gasteiger partial charge in [-0.05, 0) is 95.5 Å². The van der Waals surface area contributed by atoms with Gasteiger partial charge in [0.2, 0.25) is 0 Å². The Bertz CT molecular complexity index is 1880. The maximum Gasteiger partial charge on any atom is 0.261 e. The number of imide groups is 2. The van der Waals surface area contributed by atoms with Crippen LogP contribution < -0.4 is 0 Å². The second-order valence-electron chi connectivity index (χ2n) is 11.8. The first-order valence-electron chi connectivity index (χ1n) is 15.6. The molecule has 4 amide bonds. The molecule has 2 aliphatic heterocycles. The van der Waals surface area contributed by atoms with Crippen LogP contribution in [0.15, 0.2) is 109 Å². The predicted octanol–water partition coefficient (Wildman–Crippen LogP) is 7.43. The summed E-state index contributed by atoms with van der Waals surface area (Å²) in [5.74, 6) is -0.848. The molecule has 0 radical (unpaired) electrons. The zero-order chi connectivity index (χ0) is 31.9. The first kappa shape index (κ1) is 29.1. The molecule has 0 aliphatic carbocycles. The van der Waals surface area contributed by atoms with E-state index in [1.807, 2.05) is 38.1 Å². The van der Waals surface area contributed by atoms with Crippen molar-refractivity contribution in [3.05, 3.63) is 154 Å². The molecule has 2 aliphatic rings. The summed E-state index contributed by atoms with van der Waals surface area (Å²) in [6.07, 6.45) is 1.36. The molecule has 0 saturated heterocycles. The van der Waals surface area contributed by atoms with Crippen LogP contribution in [-0.4, -0.2) is 46.5 Å². The predicted molar refractivity (Wildman–Crippen MR) is 178 cm³/mol. The molecule has 6 heteroatoms. The van der Waals surface area contributed by atoms with Crippen LogP contribution in [0.1, 0.15) is 77.5 Å². The Morgan fingerprint density at radius 3 is 0.978 bits per heavy atom. The lowest BCUT2D eigenvalue weighted by Gasteiger charge is -2.09. The van der Waals surface area contributed by atoms with Crippen LogP contribution in [-0.2, 0) is 12.8 Å². The number of amides is 4. The lowest BCUT2D eigenvalue weighted by Crippen LogP contribution is -2.29. The molecule has 0 spiro atoms. The minimum atomic E-state index is -0.212. The molecule has 46 heavy (non-hydrogen) atoms. The van der Waals surface area contributed by atoms with E-state index in [9.17, 15) is 19.2 Å². The first-order valence-corrected chi connectivity index (χ1v) is 15.6. The number of rotatable bonds is 8. The second-order valence-corrected chi connectivity index (χ2v) is 11.8. The van der Waals surface area contributed by atoms with Gasteiger partial charge in [-0.15, -0.1) is 0 Å². The zero-order valence-corrected chi connectivity index (χ0v) is 25.7. The highest BCUT2D eigenvalue weighted by Crippen LogP contribution is 2.29. The van der Waals surface area contributed by atoms with Gasteiger partial charge in [0.25, 0.3) is 23.6 Å². The van der Waals surface area contributed by atoms with Crippen LogP contribution in [0.3, 0.4) is 0 Å². The fourth-order valence-electron chi connectivity index (χ4n) is 6.43. The van der Waals surface area contributed by atoms with E-state index in [0.717, 1.165) is 44.5 Å². The van der Waals surface area contributed by atoms with Crippen molar-refractivity contribution in [2.24, 2.45) is 0 Å². The molecular weight excluding hydrogens is 572 g/mol. The van der Waals surface area contributed by atoms with E-state index in [1.54, 1.807) is 12.1 Å². The van der Waals surface area contributed by atoms with Gasteiger partial charge in [0.05, 0.1) is 22.3 Å². The number of benzene rings is 5. The summed E-state index contributed by atoms with van der Waals surface area (Å²) in [5.41, 5.74) is 10.7. The van der Waals surface area contributed by atoms with Gasteiger partial charge in [-0.25, -0.2) is 0 Å². The fraction of sp³-hybridized carbons (Fsp3) is 0.150. The molecule has 0 aromatic heterocycles. The van der Waals surface area contributed by atoms with Gasteiger partial charge >= 0.3 is 0 Å². The minimum Gasteiger partial charge on any atom is -0.275 e. The van der Waals surface area contributed by atoms with Crippen molar-refractivity contribution in [3.8, 4) is 22.3 Å². The van der Waals surface area contributed by atoms with E-state index in [-0.39, 0.29) is 23.6 Å². The smallest absolute Gasteiger partial charge is 0.261 e. The van der Waals surface area contributed by atoms with E-state index in [4.69, 9.17) is 0 Å². The highest BCUT2D eigenvalue weighted by molar-refractivity contribution is 6.22. The van der Waals surface area contributed by atoms with Crippen molar-refractivity contribution in [1.82, 2.24) is 9.80 Å². The zero-order valence-electron chi connectivity index (χ0n) is 25.7. The van der Waals surface area contributed by atoms with E-state index in [1.165, 1.54) is 9.80 Å². The standard InChI is InChI=1S/C40H32N2O4/c1-3-41-37(43)33-19-9-27(23-35(33)39(41)45)21-25-5-11-29(12-6-25)31-15-17-32(18-16-31)30-13-7-26(8-14-30)22-28-10-20-34-36(24-28)40(46)42(4-2)38(34)44/h5-20,23-24H,3-4,21-22H2,1-2H3. The summed E-state index contributed by atoms with van der Waals surface area (Å²) < 4.78 is 0. The van der Waals surface area contributed by atoms with Crippen LogP contribution in [0.4, 0.5) is 0 Å². The molecule has 0 saturated carbocycles. The van der Waals surface area contributed by atoms with E-state index >= 15 is 0 Å². The highest BCUT2D eigenvalue weighted by atomic mass is 16.2. The highest BCUT2D eigenvalue weighted by Gasteiger charge is 2.35. The SMILES string of the molecule is CCN1C(=O)c2ccc(Cc3ccc(-c4ccc(-c5ccc(Cc6ccc7c(c6)C(=O)N(CC)C7=O)cc5)cc4)cc3)cc2C1=O. The number of hydrogen-bond donors (Lipinski definition) is 0. The number of nitrogens with zero attached hydrogens (tertiary/aromatic N) is 2. The molecule has 2 heterocycles. The number of carbonyl (C=O) groups excluding carboxylic acids is 4. The van der Waals surface area contributed by atoms with Crippen molar-refractivity contribution < 1.29 is 19.2 Å². The molecule has 0 N–H and O–H groups in total. The Balaban J connectivity index is 1.00. The van der Waals surface area contributed by atoms with E-state index in [0.29, 0.717) is 48.2 Å². The summed E-state index contributed by atoms with van der Waals surface area (Å²) in [4.78, 5) is 52.6. The van der Waals surface area contributed by atoms with Gasteiger partial charge < -0.3 is 0 Å². The summed E-state index contributed by atoms with van der Waals surface area (Å²) in [6, 6.07) is 36.5. The van der Waals surface area contributed by atoms with Crippen LogP contribution >= 0.6 is 0 Å². The van der Waals surface area contributed by atoms with Gasteiger partial charge in [0.1, 0.15) is 0 Å². The van der Waals surface area contributed by atoms with Gasteiger partial charge in [-0.1, -0.05) is 84.9 Å². The lowest BCUT2D eigenvalue weighted by molar-refractivity contribution is 0.0647. The summed E-state index contributed by atoms with van der Waals surface area (Å²) in [5, 5.41) is 0. The molecule has 6 nitrogen and oxygen atoms in total. The van der Waals surface area contributed by atoms with Crippen molar-refractivity contribution >= 4 is 23.6 Å². The van der Waals surface area contributed by atoms with Gasteiger partial charge in [0, 0.05) is 13.1 Å². The maximum absolute atomic E-state index is 12.6. The lowest BCUT2D eigenvalue weighted by atomic mass is 9.96. The fourth-order valence-corrected chi connectivity index (χ4v) is 6.43. The molecule has 0 bridgehead atoms. The molecule has 0 unspecified atom stereocenters. The van der Waals surface area contributed by atoms with Crippen molar-refractivity contribution in [2.45, 2.75) is 26.7 Å². The van der Waals surface area contributed by atoms with Gasteiger partial charge in [-0.2, -0.15) is 0 Å². The normalized spacial score (nSPS) is 13.9. The van der Waals surface area contributed by atoms with Crippen LogP contribution in [0, 0.1) is 0 Å². The monoisotopic (exact) mass is 604 g/mol. The molecular formula is C40H32N2O4. The molecule has 0 fully saturated rings. The number of fused-ring (bicyclic) bond motifs is 2. The van der Waals surface area contributed by atoms with E-state index in [2.05, 4.69) is 72.8 Å².